The van der Waals surface area contributed by atoms with Gasteiger partial charge in [-0.05, 0) is 6.07 Å². The summed E-state index contributed by atoms with van der Waals surface area (Å²) < 4.78 is 18.6. The molecule has 0 heterocycles. The van der Waals surface area contributed by atoms with Gasteiger partial charge in [0.15, 0.2) is 5.82 Å². The molecule has 0 N–H and O–H groups in total. The maximum absolute atomic E-state index is 13.3. The Bertz CT molecular complexity index is 386. The number of halogens is 3. The van der Waals surface area contributed by atoms with Gasteiger partial charge in [-0.2, -0.15) is 0 Å². The Hall–Kier alpha value is -0.690. The third-order valence-corrected chi connectivity index (χ3v) is 2.29. The van der Waals surface area contributed by atoms with Crippen LogP contribution in [0.25, 0.3) is 0 Å². The van der Waals surface area contributed by atoms with Gasteiger partial charge in [-0.15, -0.1) is 0 Å². The van der Waals surface area contributed by atoms with E-state index in [1.54, 1.807) is 0 Å². The van der Waals surface area contributed by atoms with Gasteiger partial charge in [-0.1, -0.05) is 31.9 Å². The van der Waals surface area contributed by atoms with E-state index in [4.69, 9.17) is 4.74 Å². The Balaban J connectivity index is 3.15. The van der Waals surface area contributed by atoms with Gasteiger partial charge in [0, 0.05) is 15.9 Å². The fraction of sp³-hybridized carbons (Fsp3) is 0.250. The predicted molar refractivity (Wildman–Crippen MR) is 60.0 cm³/mol. The first-order chi connectivity index (χ1) is 7.06. The minimum atomic E-state index is -0.753. The summed E-state index contributed by atoms with van der Waals surface area (Å²) in [5.41, 5.74) is -0.386. The third kappa shape index (κ3) is 3.13. The maximum atomic E-state index is 13.3. The largest absolute Gasteiger partial charge is 0.484 e. The maximum Gasteiger partial charge on any atom is 0.315 e. The molecule has 15 heavy (non-hydrogen) atoms. The molecule has 0 radical (unpaired) electrons. The second-order valence-corrected chi connectivity index (χ2v) is 4.24. The highest BCUT2D eigenvalue weighted by molar-refractivity contribution is 9.10. The standard InChI is InChI=1S/C8H6Br2FNO3/c9-1-2-15-8-6(11)3-5(10)4-7(8)12(13)14/h3-4H,1-2H2. The van der Waals surface area contributed by atoms with Crippen LogP contribution in [0.2, 0.25) is 0 Å². The van der Waals surface area contributed by atoms with Crippen molar-refractivity contribution >= 4 is 37.5 Å². The average molecular weight is 343 g/mol. The fourth-order valence-electron chi connectivity index (χ4n) is 0.966. The van der Waals surface area contributed by atoms with Crippen LogP contribution in [0, 0.1) is 15.9 Å². The molecule has 0 unspecified atom stereocenters. The summed E-state index contributed by atoms with van der Waals surface area (Å²) in [6.07, 6.45) is 0. The van der Waals surface area contributed by atoms with Crippen molar-refractivity contribution in [3.05, 3.63) is 32.5 Å². The van der Waals surface area contributed by atoms with Crippen molar-refractivity contribution in [1.82, 2.24) is 0 Å². The first-order valence-corrected chi connectivity index (χ1v) is 5.80. The summed E-state index contributed by atoms with van der Waals surface area (Å²) in [5, 5.41) is 11.1. The quantitative estimate of drug-likeness (QED) is 0.479. The molecule has 0 amide bonds. The van der Waals surface area contributed by atoms with Crippen LogP contribution in [0.15, 0.2) is 16.6 Å². The monoisotopic (exact) mass is 341 g/mol. The molecule has 0 atom stereocenters. The number of hydrogen-bond acceptors (Lipinski definition) is 3. The van der Waals surface area contributed by atoms with Gasteiger partial charge in [0.1, 0.15) is 0 Å². The summed E-state index contributed by atoms with van der Waals surface area (Å²) in [6.45, 7) is 0.166. The smallest absolute Gasteiger partial charge is 0.315 e. The van der Waals surface area contributed by atoms with Crippen LogP contribution in [-0.2, 0) is 0 Å². The Morgan fingerprint density at radius 3 is 2.73 bits per heavy atom. The molecule has 0 aliphatic carbocycles. The van der Waals surface area contributed by atoms with Crippen molar-refractivity contribution in [3.63, 3.8) is 0 Å². The van der Waals surface area contributed by atoms with Gasteiger partial charge in [-0.25, -0.2) is 4.39 Å². The number of nitrogens with zero attached hydrogens (tertiary/aromatic N) is 1. The molecule has 0 aliphatic rings. The molecule has 1 rings (SSSR count). The topological polar surface area (TPSA) is 52.4 Å². The molecular weight excluding hydrogens is 337 g/mol. The molecule has 82 valence electrons. The Labute approximate surface area is 102 Å². The van der Waals surface area contributed by atoms with Gasteiger partial charge in [0.2, 0.25) is 5.75 Å². The normalized spacial score (nSPS) is 10.1. The highest BCUT2D eigenvalue weighted by atomic mass is 79.9. The number of hydrogen-bond donors (Lipinski definition) is 0. The van der Waals surface area contributed by atoms with E-state index in [-0.39, 0.29) is 18.0 Å². The van der Waals surface area contributed by atoms with E-state index in [0.29, 0.717) is 9.80 Å². The van der Waals surface area contributed by atoms with Crippen LogP contribution < -0.4 is 4.74 Å². The zero-order valence-electron chi connectivity index (χ0n) is 7.37. The molecular formula is C8H6Br2FNO3. The highest BCUT2D eigenvalue weighted by Gasteiger charge is 2.20. The molecule has 1 aromatic carbocycles. The Morgan fingerprint density at radius 1 is 1.53 bits per heavy atom. The lowest BCUT2D eigenvalue weighted by Gasteiger charge is -2.06. The van der Waals surface area contributed by atoms with Gasteiger partial charge in [-0.3, -0.25) is 10.1 Å². The van der Waals surface area contributed by atoms with Gasteiger partial charge in [0.25, 0.3) is 0 Å². The van der Waals surface area contributed by atoms with Crippen molar-refractivity contribution < 1.29 is 14.1 Å². The van der Waals surface area contributed by atoms with E-state index in [1.165, 1.54) is 6.07 Å². The minimum absolute atomic E-state index is 0.166. The van der Waals surface area contributed by atoms with E-state index >= 15 is 0 Å². The molecule has 0 aromatic heterocycles. The molecule has 0 bridgehead atoms. The number of alkyl halides is 1. The van der Waals surface area contributed by atoms with Gasteiger partial charge in [0.05, 0.1) is 11.5 Å². The number of nitro groups is 1. The van der Waals surface area contributed by atoms with Crippen LogP contribution in [0.5, 0.6) is 5.75 Å². The Kier molecular flexibility index (Phi) is 4.46. The van der Waals surface area contributed by atoms with Crippen molar-refractivity contribution in [2.75, 3.05) is 11.9 Å². The number of ether oxygens (including phenoxy) is 1. The first-order valence-electron chi connectivity index (χ1n) is 3.88. The number of rotatable bonds is 4. The van der Waals surface area contributed by atoms with E-state index < -0.39 is 10.7 Å². The van der Waals surface area contributed by atoms with Gasteiger partial charge < -0.3 is 4.74 Å². The predicted octanol–water partition coefficient (Wildman–Crippen LogP) is 3.27. The summed E-state index contributed by atoms with van der Waals surface area (Å²) in [4.78, 5) is 9.93. The lowest BCUT2D eigenvalue weighted by atomic mass is 10.3. The van der Waals surface area contributed by atoms with E-state index in [0.717, 1.165) is 6.07 Å². The lowest BCUT2D eigenvalue weighted by molar-refractivity contribution is -0.386. The third-order valence-electron chi connectivity index (χ3n) is 1.51. The second kappa shape index (κ2) is 5.41. The Morgan fingerprint density at radius 2 is 2.20 bits per heavy atom. The molecule has 0 aliphatic heterocycles. The number of benzene rings is 1. The number of nitro benzene ring substituents is 1. The van der Waals surface area contributed by atoms with E-state index in [1.807, 2.05) is 0 Å². The van der Waals surface area contributed by atoms with Crippen LogP contribution in [-0.4, -0.2) is 16.9 Å². The van der Waals surface area contributed by atoms with Gasteiger partial charge >= 0.3 is 5.69 Å². The zero-order chi connectivity index (χ0) is 11.4. The summed E-state index contributed by atoms with van der Waals surface area (Å²) in [6, 6.07) is 2.32. The van der Waals surface area contributed by atoms with Crippen LogP contribution >= 0.6 is 31.9 Å². The van der Waals surface area contributed by atoms with Crippen LogP contribution in [0.1, 0.15) is 0 Å². The molecule has 0 spiro atoms. The molecule has 0 saturated carbocycles. The molecule has 7 heteroatoms. The van der Waals surface area contributed by atoms with Crippen molar-refractivity contribution in [1.29, 1.82) is 0 Å². The van der Waals surface area contributed by atoms with Crippen LogP contribution in [0.3, 0.4) is 0 Å². The SMILES string of the molecule is O=[N+]([O-])c1cc(Br)cc(F)c1OCCBr. The molecule has 0 fully saturated rings. The van der Waals surface area contributed by atoms with E-state index in [9.17, 15) is 14.5 Å². The van der Waals surface area contributed by atoms with Crippen molar-refractivity contribution in [3.8, 4) is 5.75 Å². The fourth-order valence-corrected chi connectivity index (χ4v) is 1.55. The molecule has 1 aromatic rings. The highest BCUT2D eigenvalue weighted by Crippen LogP contribution is 2.33. The molecule has 0 saturated heterocycles. The summed E-state index contributed by atoms with van der Waals surface area (Å²) >= 11 is 6.06. The zero-order valence-corrected chi connectivity index (χ0v) is 10.5. The summed E-state index contributed by atoms with van der Waals surface area (Å²) in [5.74, 6) is -1.08. The van der Waals surface area contributed by atoms with Crippen molar-refractivity contribution in [2.24, 2.45) is 0 Å². The first kappa shape index (κ1) is 12.4. The minimum Gasteiger partial charge on any atom is -0.484 e. The van der Waals surface area contributed by atoms with Crippen LogP contribution in [0.4, 0.5) is 10.1 Å². The van der Waals surface area contributed by atoms with Crippen molar-refractivity contribution in [2.45, 2.75) is 0 Å². The lowest BCUT2D eigenvalue weighted by Crippen LogP contribution is -2.03. The summed E-state index contributed by atoms with van der Waals surface area (Å²) in [7, 11) is 0. The average Bonchev–Trinajstić information content (AvgIpc) is 2.15. The second-order valence-electron chi connectivity index (χ2n) is 2.53. The molecule has 4 nitrogen and oxygen atoms in total. The van der Waals surface area contributed by atoms with E-state index in [2.05, 4.69) is 31.9 Å².